The lowest BCUT2D eigenvalue weighted by atomic mass is 10.2. The van der Waals surface area contributed by atoms with E-state index >= 15 is 0 Å². The Kier molecular flexibility index (Phi) is 5.39. The quantitative estimate of drug-likeness (QED) is 0.501. The monoisotopic (exact) mass is 383 g/mol. The Labute approximate surface area is 148 Å². The second-order valence-electron chi connectivity index (χ2n) is 5.19. The van der Waals surface area contributed by atoms with E-state index in [0.29, 0.717) is 6.61 Å². The fraction of sp³-hybridized carbons (Fsp3) is 0.0500. The molecule has 0 atom stereocenters. The molecule has 0 aliphatic carbocycles. The average molecular weight is 384 g/mol. The van der Waals surface area contributed by atoms with E-state index in [-0.39, 0.29) is 5.82 Å². The number of ether oxygens (including phenoxy) is 1. The van der Waals surface area contributed by atoms with Crippen LogP contribution in [0.5, 0.6) is 5.75 Å². The number of halogens is 2. The first kappa shape index (κ1) is 16.4. The summed E-state index contributed by atoms with van der Waals surface area (Å²) in [6.07, 6.45) is 1.78. The van der Waals surface area contributed by atoms with E-state index in [1.54, 1.807) is 18.3 Å². The minimum Gasteiger partial charge on any atom is -0.488 e. The van der Waals surface area contributed by atoms with Gasteiger partial charge in [0.2, 0.25) is 0 Å². The molecular formula is C20H15BrFNO. The molecule has 0 saturated heterocycles. The van der Waals surface area contributed by atoms with E-state index in [0.717, 1.165) is 27.0 Å². The standard InChI is InChI=1S/C20H15BrFNO/c21-17-8-11-20(24-14-15-6-9-18(22)10-7-15)16(12-17)13-23-19-4-2-1-3-5-19/h1-13H,14H2. The second kappa shape index (κ2) is 7.88. The van der Waals surface area contributed by atoms with Crippen LogP contribution >= 0.6 is 15.9 Å². The summed E-state index contributed by atoms with van der Waals surface area (Å²) in [4.78, 5) is 4.47. The first-order valence-corrected chi connectivity index (χ1v) is 8.26. The molecular weight excluding hydrogens is 369 g/mol. The highest BCUT2D eigenvalue weighted by molar-refractivity contribution is 9.10. The number of aliphatic imine (C=N–C) groups is 1. The van der Waals surface area contributed by atoms with Crippen LogP contribution in [-0.4, -0.2) is 6.21 Å². The van der Waals surface area contributed by atoms with Gasteiger partial charge in [0.1, 0.15) is 18.2 Å². The molecule has 0 fully saturated rings. The molecule has 0 bridgehead atoms. The zero-order chi connectivity index (χ0) is 16.8. The van der Waals surface area contributed by atoms with E-state index in [1.165, 1.54) is 12.1 Å². The number of nitrogens with zero attached hydrogens (tertiary/aromatic N) is 1. The first-order valence-electron chi connectivity index (χ1n) is 7.46. The van der Waals surface area contributed by atoms with Gasteiger partial charge in [-0.25, -0.2) is 4.39 Å². The maximum Gasteiger partial charge on any atom is 0.128 e. The third-order valence-corrected chi connectivity index (χ3v) is 3.88. The van der Waals surface area contributed by atoms with Crippen molar-refractivity contribution in [1.82, 2.24) is 0 Å². The fourth-order valence-corrected chi connectivity index (χ4v) is 2.53. The van der Waals surface area contributed by atoms with Crippen molar-refractivity contribution in [3.63, 3.8) is 0 Å². The zero-order valence-electron chi connectivity index (χ0n) is 12.8. The lowest BCUT2D eigenvalue weighted by Gasteiger charge is -2.10. The third kappa shape index (κ3) is 4.52. The predicted molar refractivity (Wildman–Crippen MR) is 98.6 cm³/mol. The Morgan fingerprint density at radius 1 is 0.958 bits per heavy atom. The molecule has 0 N–H and O–H groups in total. The van der Waals surface area contributed by atoms with E-state index in [4.69, 9.17) is 4.74 Å². The van der Waals surface area contributed by atoms with Crippen molar-refractivity contribution >= 4 is 27.8 Å². The van der Waals surface area contributed by atoms with Gasteiger partial charge in [-0.05, 0) is 48.0 Å². The first-order chi connectivity index (χ1) is 11.7. The van der Waals surface area contributed by atoms with Crippen LogP contribution in [0, 0.1) is 5.82 Å². The summed E-state index contributed by atoms with van der Waals surface area (Å²) < 4.78 is 19.8. The van der Waals surface area contributed by atoms with Crippen LogP contribution in [-0.2, 0) is 6.61 Å². The molecule has 24 heavy (non-hydrogen) atoms. The van der Waals surface area contributed by atoms with Crippen LogP contribution in [0.25, 0.3) is 0 Å². The number of rotatable bonds is 5. The van der Waals surface area contributed by atoms with Crippen molar-refractivity contribution in [2.75, 3.05) is 0 Å². The number of benzene rings is 3. The summed E-state index contributed by atoms with van der Waals surface area (Å²) >= 11 is 3.47. The molecule has 3 aromatic rings. The predicted octanol–water partition coefficient (Wildman–Crippen LogP) is 5.92. The summed E-state index contributed by atoms with van der Waals surface area (Å²) in [5, 5.41) is 0. The molecule has 0 saturated carbocycles. The van der Waals surface area contributed by atoms with Gasteiger partial charge in [-0.3, -0.25) is 4.99 Å². The highest BCUT2D eigenvalue weighted by atomic mass is 79.9. The van der Waals surface area contributed by atoms with Gasteiger partial charge in [0, 0.05) is 16.3 Å². The van der Waals surface area contributed by atoms with Crippen LogP contribution in [0.15, 0.2) is 82.3 Å². The van der Waals surface area contributed by atoms with Crippen molar-refractivity contribution in [2.24, 2.45) is 4.99 Å². The Balaban J connectivity index is 1.77. The van der Waals surface area contributed by atoms with E-state index < -0.39 is 0 Å². The molecule has 0 aliphatic heterocycles. The highest BCUT2D eigenvalue weighted by Crippen LogP contribution is 2.24. The minimum absolute atomic E-state index is 0.252. The van der Waals surface area contributed by atoms with Crippen LogP contribution in [0.2, 0.25) is 0 Å². The SMILES string of the molecule is Fc1ccc(COc2ccc(Br)cc2C=Nc2ccccc2)cc1. The van der Waals surface area contributed by atoms with Gasteiger partial charge in [0.05, 0.1) is 5.69 Å². The largest absolute Gasteiger partial charge is 0.488 e. The second-order valence-corrected chi connectivity index (χ2v) is 6.11. The van der Waals surface area contributed by atoms with Gasteiger partial charge < -0.3 is 4.74 Å². The fourth-order valence-electron chi connectivity index (χ4n) is 2.15. The Bertz CT molecular complexity index is 832. The van der Waals surface area contributed by atoms with Gasteiger partial charge in [-0.1, -0.05) is 46.3 Å². The van der Waals surface area contributed by atoms with Crippen molar-refractivity contribution in [3.8, 4) is 5.75 Å². The van der Waals surface area contributed by atoms with Crippen LogP contribution < -0.4 is 4.74 Å². The van der Waals surface area contributed by atoms with Crippen molar-refractivity contribution in [2.45, 2.75) is 6.61 Å². The molecule has 3 rings (SSSR count). The smallest absolute Gasteiger partial charge is 0.128 e. The summed E-state index contributed by atoms with van der Waals surface area (Å²) in [6, 6.07) is 21.8. The number of hydrogen-bond donors (Lipinski definition) is 0. The minimum atomic E-state index is -0.252. The van der Waals surface area contributed by atoms with Crippen molar-refractivity contribution in [3.05, 3.63) is 94.2 Å². The van der Waals surface area contributed by atoms with E-state index in [9.17, 15) is 4.39 Å². The van der Waals surface area contributed by atoms with Crippen LogP contribution in [0.4, 0.5) is 10.1 Å². The summed E-state index contributed by atoms with van der Waals surface area (Å²) in [5.41, 5.74) is 2.66. The van der Waals surface area contributed by atoms with Crippen LogP contribution in [0.1, 0.15) is 11.1 Å². The Hall–Kier alpha value is -2.46. The maximum absolute atomic E-state index is 13.0. The molecule has 4 heteroatoms. The summed E-state index contributed by atoms with van der Waals surface area (Å²) in [5.74, 6) is 0.472. The highest BCUT2D eigenvalue weighted by Gasteiger charge is 2.04. The van der Waals surface area contributed by atoms with E-state index in [2.05, 4.69) is 20.9 Å². The van der Waals surface area contributed by atoms with E-state index in [1.807, 2.05) is 48.5 Å². The molecule has 0 unspecified atom stereocenters. The number of hydrogen-bond acceptors (Lipinski definition) is 2. The average Bonchev–Trinajstić information content (AvgIpc) is 2.61. The van der Waals surface area contributed by atoms with Crippen molar-refractivity contribution < 1.29 is 9.13 Å². The molecule has 0 amide bonds. The Morgan fingerprint density at radius 3 is 2.46 bits per heavy atom. The molecule has 120 valence electrons. The Morgan fingerprint density at radius 2 is 1.71 bits per heavy atom. The van der Waals surface area contributed by atoms with Gasteiger partial charge >= 0.3 is 0 Å². The lowest BCUT2D eigenvalue weighted by Crippen LogP contribution is -1.98. The van der Waals surface area contributed by atoms with Crippen molar-refractivity contribution in [1.29, 1.82) is 0 Å². The normalized spacial score (nSPS) is 10.9. The summed E-state index contributed by atoms with van der Waals surface area (Å²) in [6.45, 7) is 0.369. The molecule has 0 aromatic heterocycles. The topological polar surface area (TPSA) is 21.6 Å². The molecule has 0 heterocycles. The molecule has 0 spiro atoms. The molecule has 0 aliphatic rings. The summed E-state index contributed by atoms with van der Waals surface area (Å²) in [7, 11) is 0. The maximum atomic E-state index is 13.0. The van der Waals surface area contributed by atoms with Gasteiger partial charge in [-0.2, -0.15) is 0 Å². The zero-order valence-corrected chi connectivity index (χ0v) is 14.4. The molecule has 2 nitrogen and oxygen atoms in total. The molecule has 0 radical (unpaired) electrons. The van der Waals surface area contributed by atoms with Gasteiger partial charge in [0.15, 0.2) is 0 Å². The van der Waals surface area contributed by atoms with Gasteiger partial charge in [-0.15, -0.1) is 0 Å². The molecule has 3 aromatic carbocycles. The third-order valence-electron chi connectivity index (χ3n) is 3.39. The van der Waals surface area contributed by atoms with Gasteiger partial charge in [0.25, 0.3) is 0 Å². The number of para-hydroxylation sites is 1. The lowest BCUT2D eigenvalue weighted by molar-refractivity contribution is 0.305. The van der Waals surface area contributed by atoms with Crippen LogP contribution in [0.3, 0.4) is 0 Å².